The first-order valence-electron chi connectivity index (χ1n) is 5.02. The minimum atomic E-state index is -0.478. The van der Waals surface area contributed by atoms with Crippen LogP contribution < -0.4 is 69.6 Å². The molecule has 1 N–H and O–H groups in total. The molecular formula is C13H11BFNa2O2-. The van der Waals surface area contributed by atoms with E-state index in [4.69, 9.17) is 0 Å². The first-order chi connectivity index (χ1) is 7.70. The van der Waals surface area contributed by atoms with Crippen molar-refractivity contribution in [2.24, 2.45) is 0 Å². The molecule has 2 aromatic rings. The van der Waals surface area contributed by atoms with Crippen LogP contribution in [-0.2, 0) is 0 Å². The summed E-state index contributed by atoms with van der Waals surface area (Å²) in [6.07, 6.45) is 0. The van der Waals surface area contributed by atoms with Gasteiger partial charge in [-0.3, -0.25) is 5.46 Å². The summed E-state index contributed by atoms with van der Waals surface area (Å²) in [6, 6.07) is 12.5. The maximum Gasteiger partial charge on any atom is 1.00 e. The molecule has 2 radical (unpaired) electrons. The molecule has 0 aliphatic carbocycles. The predicted octanol–water partition coefficient (Wildman–Crippen LogP) is -4.76. The molecule has 6 heteroatoms. The zero-order valence-electron chi connectivity index (χ0n) is 11.4. The van der Waals surface area contributed by atoms with Gasteiger partial charge in [-0.15, -0.1) is 6.07 Å². The minimum Gasteiger partial charge on any atom is -1.06 e. The van der Waals surface area contributed by atoms with Crippen LogP contribution in [0.1, 0.15) is 5.56 Å². The zero-order valence-corrected chi connectivity index (χ0v) is 15.4. The number of aryl methyl sites for hydroxylation is 1. The molecule has 0 amide bonds. The average Bonchev–Trinajstić information content (AvgIpc) is 2.29. The fourth-order valence-electron chi connectivity index (χ4n) is 1.63. The van der Waals surface area contributed by atoms with Crippen molar-refractivity contribution in [2.75, 3.05) is 0 Å². The van der Waals surface area contributed by atoms with Gasteiger partial charge in [0.25, 0.3) is 0 Å². The molecule has 0 aliphatic heterocycles. The van der Waals surface area contributed by atoms with E-state index < -0.39 is 5.82 Å². The number of rotatable bonds is 2. The second-order valence-corrected chi connectivity index (χ2v) is 3.72. The second kappa shape index (κ2) is 10.1. The number of hydrogen-bond acceptors (Lipinski definition) is 2. The Morgan fingerprint density at radius 3 is 2.16 bits per heavy atom. The van der Waals surface area contributed by atoms with Crippen molar-refractivity contribution in [2.45, 2.75) is 6.92 Å². The third-order valence-electron chi connectivity index (χ3n) is 2.48. The Balaban J connectivity index is 0. The molecule has 0 heterocycles. The van der Waals surface area contributed by atoms with Crippen LogP contribution in [0.25, 0.3) is 11.1 Å². The van der Waals surface area contributed by atoms with Crippen molar-refractivity contribution in [1.29, 1.82) is 0 Å². The van der Waals surface area contributed by atoms with E-state index in [0.717, 1.165) is 16.7 Å². The van der Waals surface area contributed by atoms with E-state index in [9.17, 15) is 9.41 Å². The minimum absolute atomic E-state index is 0. The molecule has 2 rings (SSSR count). The second-order valence-electron chi connectivity index (χ2n) is 3.72. The van der Waals surface area contributed by atoms with E-state index in [1.54, 1.807) is 6.07 Å². The van der Waals surface area contributed by atoms with Gasteiger partial charge in [-0.1, -0.05) is 35.9 Å². The van der Waals surface area contributed by atoms with Crippen LogP contribution in [0.4, 0.5) is 4.39 Å². The molecule has 0 atom stereocenters. The van der Waals surface area contributed by atoms with Crippen LogP contribution >= 0.6 is 0 Å². The molecule has 0 fully saturated rings. The van der Waals surface area contributed by atoms with Crippen molar-refractivity contribution in [3.63, 3.8) is 0 Å². The molecule has 0 saturated carbocycles. The predicted molar refractivity (Wildman–Crippen MR) is 63.9 cm³/mol. The van der Waals surface area contributed by atoms with Crippen molar-refractivity contribution in [3.05, 3.63) is 53.8 Å². The Morgan fingerprint density at radius 2 is 1.63 bits per heavy atom. The molecule has 0 aromatic heterocycles. The van der Waals surface area contributed by atoms with E-state index in [-0.39, 0.29) is 70.1 Å². The molecule has 0 saturated heterocycles. The van der Waals surface area contributed by atoms with E-state index in [1.165, 1.54) is 12.1 Å². The maximum atomic E-state index is 13.4. The molecular weight excluding hydrogens is 264 g/mol. The fraction of sp³-hybridized carbons (Fsp3) is 0.0769. The van der Waals surface area contributed by atoms with Gasteiger partial charge in [0.05, 0.1) is 5.82 Å². The average molecular weight is 275 g/mol. The number of halogens is 1. The Morgan fingerprint density at radius 1 is 1.00 bits per heavy atom. The normalized spacial score (nSPS) is 8.79. The van der Waals surface area contributed by atoms with Crippen LogP contribution in [0.2, 0.25) is 0 Å². The quantitative estimate of drug-likeness (QED) is 0.517. The van der Waals surface area contributed by atoms with Gasteiger partial charge in [-0.25, -0.2) is 4.39 Å². The summed E-state index contributed by atoms with van der Waals surface area (Å²) in [5.74, 6) is -0.478. The summed E-state index contributed by atoms with van der Waals surface area (Å²) in [7, 11) is 0.523. The summed E-state index contributed by atoms with van der Waals surface area (Å²) in [5, 5.41) is 10.5. The fourth-order valence-corrected chi connectivity index (χ4v) is 1.63. The van der Waals surface area contributed by atoms with Gasteiger partial charge in [-0.05, 0) is 24.1 Å². The zero-order chi connectivity index (χ0) is 11.5. The van der Waals surface area contributed by atoms with Crippen LogP contribution in [0.15, 0.2) is 42.5 Å². The topological polar surface area (TPSA) is 53.1 Å². The maximum absolute atomic E-state index is 13.4. The van der Waals surface area contributed by atoms with Gasteiger partial charge >= 0.3 is 59.1 Å². The van der Waals surface area contributed by atoms with Crippen molar-refractivity contribution < 1.29 is 74.0 Å². The van der Waals surface area contributed by atoms with Crippen LogP contribution in [0.5, 0.6) is 0 Å². The third-order valence-corrected chi connectivity index (χ3v) is 2.48. The first kappa shape index (κ1) is 21.6. The van der Waals surface area contributed by atoms with Gasteiger partial charge in [0, 0.05) is 0 Å². The largest absolute Gasteiger partial charge is 1.06 e. The molecule has 2 aromatic carbocycles. The van der Waals surface area contributed by atoms with Crippen LogP contribution in [-0.4, -0.2) is 13.0 Å². The standard InChI is InChI=1S/C13H10BFO.2Na.H2O/c1-9-3-2-4-10(7-9)11-5-6-12(14-16)13(15)8-11;;;/h2-8H,1H3;;;1H2/q-2;2*+1;/p-1. The van der Waals surface area contributed by atoms with Gasteiger partial charge in [0.15, 0.2) is 0 Å². The summed E-state index contributed by atoms with van der Waals surface area (Å²) in [4.78, 5) is 0. The van der Waals surface area contributed by atoms with E-state index in [2.05, 4.69) is 0 Å². The van der Waals surface area contributed by atoms with Gasteiger partial charge in [-0.2, -0.15) is 0 Å². The number of hydrogen-bond donors (Lipinski definition) is 0. The Labute approximate surface area is 157 Å². The molecule has 0 spiro atoms. The SMILES string of the molecule is Cc1cccc(-c2ccc([B-][O-])c(F)c2)c1.[Na+].[Na+].[OH-]. The first-order valence-corrected chi connectivity index (χ1v) is 5.02. The van der Waals surface area contributed by atoms with Gasteiger partial charge in [0.2, 0.25) is 0 Å². The van der Waals surface area contributed by atoms with Crippen LogP contribution in [0.3, 0.4) is 0 Å². The van der Waals surface area contributed by atoms with Crippen LogP contribution in [0, 0.1) is 12.7 Å². The van der Waals surface area contributed by atoms with Crippen molar-refractivity contribution in [3.8, 4) is 11.1 Å². The summed E-state index contributed by atoms with van der Waals surface area (Å²) in [6.45, 7) is 1.99. The van der Waals surface area contributed by atoms with E-state index in [1.807, 2.05) is 31.2 Å². The van der Waals surface area contributed by atoms with E-state index in [0.29, 0.717) is 7.48 Å². The molecule has 0 bridgehead atoms. The molecule has 88 valence electrons. The summed E-state index contributed by atoms with van der Waals surface area (Å²) >= 11 is 0. The van der Waals surface area contributed by atoms with Crippen molar-refractivity contribution >= 4 is 12.9 Å². The smallest absolute Gasteiger partial charge is 1.00 e. The summed E-state index contributed by atoms with van der Waals surface area (Å²) < 4.78 is 13.4. The van der Waals surface area contributed by atoms with Gasteiger partial charge in [0.1, 0.15) is 0 Å². The Kier molecular flexibility index (Phi) is 11.5. The Hall–Kier alpha value is 0.355. The number of benzene rings is 2. The molecule has 0 aliphatic rings. The van der Waals surface area contributed by atoms with E-state index >= 15 is 0 Å². The monoisotopic (exact) mass is 275 g/mol. The molecule has 0 unspecified atom stereocenters. The Bertz CT molecular complexity index is 524. The summed E-state index contributed by atoms with van der Waals surface area (Å²) in [5.41, 5.74) is 2.96. The third kappa shape index (κ3) is 5.70. The molecule has 2 nitrogen and oxygen atoms in total. The van der Waals surface area contributed by atoms with Gasteiger partial charge < -0.3 is 18.0 Å². The van der Waals surface area contributed by atoms with Crippen molar-refractivity contribution in [1.82, 2.24) is 0 Å². The molecule has 19 heavy (non-hydrogen) atoms.